The molecule has 0 bridgehead atoms. The molecule has 2 aromatic heterocycles. The van der Waals surface area contributed by atoms with Gasteiger partial charge in [-0.1, -0.05) is 0 Å². The summed E-state index contributed by atoms with van der Waals surface area (Å²) in [5.41, 5.74) is 10.6. The summed E-state index contributed by atoms with van der Waals surface area (Å²) in [7, 11) is 0. The van der Waals surface area contributed by atoms with Crippen molar-refractivity contribution in [3.05, 3.63) is 51.9 Å². The van der Waals surface area contributed by atoms with Gasteiger partial charge in [0.2, 0.25) is 0 Å². The Kier molecular flexibility index (Phi) is 3.01. The number of nitrogens with zero attached hydrogens (tertiary/aromatic N) is 2. The van der Waals surface area contributed by atoms with Gasteiger partial charge in [-0.2, -0.15) is 0 Å². The van der Waals surface area contributed by atoms with Gasteiger partial charge in [0, 0.05) is 11.3 Å². The Labute approximate surface area is 124 Å². The van der Waals surface area contributed by atoms with Gasteiger partial charge in [-0.05, 0) is 65.7 Å². The first kappa shape index (κ1) is 13.1. The number of halogens is 2. The monoisotopic (exact) mass is 333 g/mol. The molecule has 0 aliphatic carbocycles. The van der Waals surface area contributed by atoms with Crippen molar-refractivity contribution in [1.82, 2.24) is 9.38 Å². The Hall–Kier alpha value is -1.88. The molecule has 102 valence electrons. The molecule has 0 saturated heterocycles. The van der Waals surface area contributed by atoms with Crippen LogP contribution in [0.1, 0.15) is 11.3 Å². The lowest BCUT2D eigenvalue weighted by Crippen LogP contribution is -1.98. The van der Waals surface area contributed by atoms with Crippen LogP contribution in [0.2, 0.25) is 0 Å². The van der Waals surface area contributed by atoms with Crippen LogP contribution in [0.15, 0.2) is 34.8 Å². The summed E-state index contributed by atoms with van der Waals surface area (Å²) in [5, 5.41) is 0. The van der Waals surface area contributed by atoms with Crippen LogP contribution in [-0.4, -0.2) is 9.38 Å². The SMILES string of the molecule is Cc1cc(C)n2c(N)c(-c3ccc(F)c(Br)c3)nc2c1. The molecular weight excluding hydrogens is 321 g/mol. The molecule has 0 saturated carbocycles. The third-order valence-electron chi connectivity index (χ3n) is 3.28. The Balaban J connectivity index is 2.29. The number of aromatic nitrogens is 2. The largest absolute Gasteiger partial charge is 0.383 e. The van der Waals surface area contributed by atoms with Crippen molar-refractivity contribution in [2.24, 2.45) is 0 Å². The standard InChI is InChI=1S/C15H13BrFN3/c1-8-5-9(2)20-13(6-8)19-14(15(20)18)10-3-4-12(17)11(16)7-10/h3-7H,18H2,1-2H3. The predicted octanol–water partition coefficient (Wildman–Crippen LogP) is 4.10. The molecule has 0 spiro atoms. The Bertz CT molecular complexity index is 824. The second-order valence-electron chi connectivity index (χ2n) is 4.84. The number of rotatable bonds is 1. The third-order valence-corrected chi connectivity index (χ3v) is 3.89. The number of pyridine rings is 1. The molecule has 0 radical (unpaired) electrons. The fraction of sp³-hybridized carbons (Fsp3) is 0.133. The van der Waals surface area contributed by atoms with Gasteiger partial charge in [0.25, 0.3) is 0 Å². The predicted molar refractivity (Wildman–Crippen MR) is 82.2 cm³/mol. The van der Waals surface area contributed by atoms with Crippen molar-refractivity contribution >= 4 is 27.4 Å². The molecule has 5 heteroatoms. The zero-order valence-corrected chi connectivity index (χ0v) is 12.7. The molecule has 0 fully saturated rings. The first-order valence-corrected chi connectivity index (χ1v) is 6.97. The van der Waals surface area contributed by atoms with Crippen molar-refractivity contribution in [1.29, 1.82) is 0 Å². The van der Waals surface area contributed by atoms with Crippen LogP contribution >= 0.6 is 15.9 Å². The lowest BCUT2D eigenvalue weighted by molar-refractivity contribution is 0.621. The third kappa shape index (κ3) is 1.98. The summed E-state index contributed by atoms with van der Waals surface area (Å²) < 4.78 is 15.6. The fourth-order valence-corrected chi connectivity index (χ4v) is 2.79. The molecule has 3 nitrogen and oxygen atoms in total. The van der Waals surface area contributed by atoms with Gasteiger partial charge >= 0.3 is 0 Å². The Morgan fingerprint density at radius 1 is 1.20 bits per heavy atom. The maximum atomic E-state index is 13.3. The van der Waals surface area contributed by atoms with Crippen molar-refractivity contribution in [3.8, 4) is 11.3 Å². The summed E-state index contributed by atoms with van der Waals surface area (Å²) in [6.45, 7) is 4.01. The molecule has 1 aromatic carbocycles. The van der Waals surface area contributed by atoms with Gasteiger partial charge in [-0.15, -0.1) is 0 Å². The Morgan fingerprint density at radius 2 is 1.95 bits per heavy atom. The van der Waals surface area contributed by atoms with E-state index in [1.807, 2.05) is 24.3 Å². The molecule has 2 heterocycles. The summed E-state index contributed by atoms with van der Waals surface area (Å²) in [6, 6.07) is 8.80. The lowest BCUT2D eigenvalue weighted by Gasteiger charge is -2.04. The van der Waals surface area contributed by atoms with Gasteiger partial charge in [0.15, 0.2) is 0 Å². The van der Waals surface area contributed by atoms with E-state index in [4.69, 9.17) is 5.73 Å². The van der Waals surface area contributed by atoms with E-state index in [2.05, 4.69) is 27.0 Å². The van der Waals surface area contributed by atoms with Crippen molar-refractivity contribution < 1.29 is 4.39 Å². The number of aryl methyl sites for hydroxylation is 2. The molecule has 0 aliphatic rings. The van der Waals surface area contributed by atoms with E-state index >= 15 is 0 Å². The molecule has 0 atom stereocenters. The van der Waals surface area contributed by atoms with Crippen LogP contribution in [-0.2, 0) is 0 Å². The minimum atomic E-state index is -0.303. The van der Waals surface area contributed by atoms with Crippen LogP contribution in [0, 0.1) is 19.7 Å². The van der Waals surface area contributed by atoms with E-state index in [-0.39, 0.29) is 5.82 Å². The van der Waals surface area contributed by atoms with E-state index in [9.17, 15) is 4.39 Å². The van der Waals surface area contributed by atoms with Gasteiger partial charge in [0.1, 0.15) is 23.0 Å². The second kappa shape index (κ2) is 4.59. The molecule has 3 rings (SSSR count). The van der Waals surface area contributed by atoms with Crippen LogP contribution in [0.25, 0.3) is 16.9 Å². The minimum absolute atomic E-state index is 0.303. The van der Waals surface area contributed by atoms with E-state index in [0.29, 0.717) is 16.0 Å². The number of hydrogen-bond donors (Lipinski definition) is 1. The average molecular weight is 334 g/mol. The number of imidazole rings is 1. The summed E-state index contributed by atoms with van der Waals surface area (Å²) in [4.78, 5) is 4.57. The lowest BCUT2D eigenvalue weighted by atomic mass is 10.1. The summed E-state index contributed by atoms with van der Waals surface area (Å²) in [6.07, 6.45) is 0. The van der Waals surface area contributed by atoms with Crippen LogP contribution in [0.4, 0.5) is 10.2 Å². The highest BCUT2D eigenvalue weighted by molar-refractivity contribution is 9.10. The van der Waals surface area contributed by atoms with Crippen LogP contribution in [0.5, 0.6) is 0 Å². The molecule has 3 aromatic rings. The maximum Gasteiger partial charge on any atom is 0.139 e. The number of nitrogen functional groups attached to an aromatic ring is 1. The average Bonchev–Trinajstić information content (AvgIpc) is 2.70. The number of nitrogens with two attached hydrogens (primary N) is 1. The minimum Gasteiger partial charge on any atom is -0.383 e. The van der Waals surface area contributed by atoms with E-state index in [0.717, 1.165) is 22.5 Å². The van der Waals surface area contributed by atoms with Crippen LogP contribution < -0.4 is 5.73 Å². The molecule has 2 N–H and O–H groups in total. The van der Waals surface area contributed by atoms with Gasteiger partial charge in [0.05, 0.1) is 4.47 Å². The highest BCUT2D eigenvalue weighted by atomic mass is 79.9. The number of anilines is 1. The van der Waals surface area contributed by atoms with Gasteiger partial charge in [-0.25, -0.2) is 9.37 Å². The first-order chi connectivity index (χ1) is 9.47. The number of benzene rings is 1. The number of fused-ring (bicyclic) bond motifs is 1. The molecule has 0 amide bonds. The first-order valence-electron chi connectivity index (χ1n) is 6.18. The zero-order valence-electron chi connectivity index (χ0n) is 11.1. The molecule has 0 aliphatic heterocycles. The van der Waals surface area contributed by atoms with Crippen LogP contribution in [0.3, 0.4) is 0 Å². The van der Waals surface area contributed by atoms with E-state index < -0.39 is 0 Å². The van der Waals surface area contributed by atoms with Gasteiger partial charge in [-0.3, -0.25) is 4.40 Å². The zero-order chi connectivity index (χ0) is 14.4. The number of hydrogen-bond acceptors (Lipinski definition) is 2. The van der Waals surface area contributed by atoms with E-state index in [1.54, 1.807) is 12.1 Å². The van der Waals surface area contributed by atoms with E-state index in [1.165, 1.54) is 6.07 Å². The van der Waals surface area contributed by atoms with Crippen molar-refractivity contribution in [3.63, 3.8) is 0 Å². The normalized spacial score (nSPS) is 11.2. The van der Waals surface area contributed by atoms with Crippen molar-refractivity contribution in [2.75, 3.05) is 5.73 Å². The highest BCUT2D eigenvalue weighted by Crippen LogP contribution is 2.30. The van der Waals surface area contributed by atoms with Gasteiger partial charge < -0.3 is 5.73 Å². The molecule has 20 heavy (non-hydrogen) atoms. The highest BCUT2D eigenvalue weighted by Gasteiger charge is 2.14. The Morgan fingerprint density at radius 3 is 2.65 bits per heavy atom. The maximum absolute atomic E-state index is 13.3. The topological polar surface area (TPSA) is 43.3 Å². The fourth-order valence-electron chi connectivity index (χ4n) is 2.41. The molecule has 0 unspecified atom stereocenters. The smallest absolute Gasteiger partial charge is 0.139 e. The molecular formula is C15H13BrFN3. The summed E-state index contributed by atoms with van der Waals surface area (Å²) in [5.74, 6) is 0.263. The quantitative estimate of drug-likeness (QED) is 0.728. The van der Waals surface area contributed by atoms with Crippen molar-refractivity contribution in [2.45, 2.75) is 13.8 Å². The second-order valence-corrected chi connectivity index (χ2v) is 5.70. The summed E-state index contributed by atoms with van der Waals surface area (Å²) >= 11 is 3.19.